The van der Waals surface area contributed by atoms with Crippen LogP contribution in [0.4, 0.5) is 0 Å². The highest BCUT2D eigenvalue weighted by atomic mass is 16.5. The number of hydrogen-bond donors (Lipinski definition) is 1. The molecular formula is C16H26N2O. The zero-order valence-corrected chi connectivity index (χ0v) is 12.4. The number of nitrogens with zero attached hydrogens (tertiary/aromatic N) is 1. The standard InChI is InChI=1S/C16H26N2O/c1-4-7-10-19-16-12-14(13-17-9-6-3)11-15(18-16)8-5-2/h4,7,11-12,17H,5-6,8-10,13H2,1-3H3/b7-4+. The highest BCUT2D eigenvalue weighted by Gasteiger charge is 2.03. The summed E-state index contributed by atoms with van der Waals surface area (Å²) in [5, 5.41) is 3.42. The minimum atomic E-state index is 0.584. The van der Waals surface area contributed by atoms with Crippen LogP contribution in [0, 0.1) is 0 Å². The van der Waals surface area contributed by atoms with Crippen molar-refractivity contribution in [2.24, 2.45) is 0 Å². The average molecular weight is 262 g/mol. The Morgan fingerprint density at radius 3 is 2.79 bits per heavy atom. The molecule has 0 saturated carbocycles. The number of ether oxygens (including phenoxy) is 1. The number of nitrogens with one attached hydrogen (secondary N) is 1. The van der Waals surface area contributed by atoms with E-state index in [0.29, 0.717) is 6.61 Å². The molecule has 0 unspecified atom stereocenters. The van der Waals surface area contributed by atoms with Crippen molar-refractivity contribution in [1.82, 2.24) is 10.3 Å². The first-order chi connectivity index (χ1) is 9.30. The number of allylic oxidation sites excluding steroid dienone is 1. The van der Waals surface area contributed by atoms with Gasteiger partial charge in [-0.3, -0.25) is 0 Å². The van der Waals surface area contributed by atoms with Crippen LogP contribution in [0.25, 0.3) is 0 Å². The molecule has 0 fully saturated rings. The van der Waals surface area contributed by atoms with Gasteiger partial charge in [-0.05, 0) is 37.9 Å². The molecule has 0 aromatic carbocycles. The molecule has 3 heteroatoms. The molecule has 1 aromatic rings. The molecule has 1 heterocycles. The zero-order valence-electron chi connectivity index (χ0n) is 12.4. The van der Waals surface area contributed by atoms with Crippen molar-refractivity contribution >= 4 is 0 Å². The average Bonchev–Trinajstić information content (AvgIpc) is 2.40. The van der Waals surface area contributed by atoms with E-state index in [1.807, 2.05) is 25.1 Å². The molecule has 19 heavy (non-hydrogen) atoms. The van der Waals surface area contributed by atoms with Gasteiger partial charge in [-0.15, -0.1) is 0 Å². The first-order valence-corrected chi connectivity index (χ1v) is 7.24. The van der Waals surface area contributed by atoms with Crippen LogP contribution in [0.15, 0.2) is 24.3 Å². The molecule has 0 atom stereocenters. The summed E-state index contributed by atoms with van der Waals surface area (Å²) in [5.74, 6) is 0.734. The van der Waals surface area contributed by atoms with Gasteiger partial charge in [0, 0.05) is 18.3 Å². The number of pyridine rings is 1. The van der Waals surface area contributed by atoms with E-state index in [4.69, 9.17) is 4.74 Å². The summed E-state index contributed by atoms with van der Waals surface area (Å²) in [7, 11) is 0. The Hall–Kier alpha value is -1.35. The molecule has 0 aliphatic heterocycles. The predicted octanol–water partition coefficient (Wildman–Crippen LogP) is 3.49. The van der Waals surface area contributed by atoms with Crippen LogP contribution < -0.4 is 10.1 Å². The lowest BCUT2D eigenvalue weighted by molar-refractivity contribution is 0.346. The molecule has 0 bridgehead atoms. The number of aryl methyl sites for hydroxylation is 1. The lowest BCUT2D eigenvalue weighted by atomic mass is 10.1. The lowest BCUT2D eigenvalue weighted by Crippen LogP contribution is -2.14. The molecule has 0 spiro atoms. The van der Waals surface area contributed by atoms with Crippen molar-refractivity contribution < 1.29 is 4.74 Å². The van der Waals surface area contributed by atoms with E-state index < -0.39 is 0 Å². The Balaban J connectivity index is 2.71. The van der Waals surface area contributed by atoms with Gasteiger partial charge in [0.15, 0.2) is 0 Å². The van der Waals surface area contributed by atoms with Gasteiger partial charge in [0.2, 0.25) is 5.88 Å². The van der Waals surface area contributed by atoms with Gasteiger partial charge in [-0.2, -0.15) is 0 Å². The van der Waals surface area contributed by atoms with Crippen LogP contribution in [-0.4, -0.2) is 18.1 Å². The van der Waals surface area contributed by atoms with Gasteiger partial charge in [0.05, 0.1) is 0 Å². The topological polar surface area (TPSA) is 34.1 Å². The molecule has 1 N–H and O–H groups in total. The van der Waals surface area contributed by atoms with Crippen LogP contribution in [0.3, 0.4) is 0 Å². The molecule has 0 amide bonds. The molecule has 0 aliphatic carbocycles. The van der Waals surface area contributed by atoms with E-state index in [1.54, 1.807) is 0 Å². The Bertz CT molecular complexity index is 388. The van der Waals surface area contributed by atoms with E-state index in [1.165, 1.54) is 5.56 Å². The first kappa shape index (κ1) is 15.7. The van der Waals surface area contributed by atoms with Crippen molar-refractivity contribution in [3.05, 3.63) is 35.5 Å². The monoisotopic (exact) mass is 262 g/mol. The van der Waals surface area contributed by atoms with Crippen LogP contribution in [0.1, 0.15) is 44.9 Å². The second-order valence-electron chi connectivity index (χ2n) is 4.61. The summed E-state index contributed by atoms with van der Waals surface area (Å²) in [6.07, 6.45) is 7.23. The van der Waals surface area contributed by atoms with Crippen LogP contribution in [-0.2, 0) is 13.0 Å². The van der Waals surface area contributed by atoms with Crippen molar-refractivity contribution in [1.29, 1.82) is 0 Å². The summed E-state index contributed by atoms with van der Waals surface area (Å²) in [6.45, 7) is 8.84. The highest BCUT2D eigenvalue weighted by Crippen LogP contribution is 2.14. The van der Waals surface area contributed by atoms with Crippen LogP contribution in [0.5, 0.6) is 5.88 Å². The molecule has 0 radical (unpaired) electrons. The molecule has 1 rings (SSSR count). The van der Waals surface area contributed by atoms with Crippen molar-refractivity contribution in [3.8, 4) is 5.88 Å². The van der Waals surface area contributed by atoms with E-state index in [0.717, 1.165) is 43.9 Å². The fourth-order valence-corrected chi connectivity index (χ4v) is 1.82. The minimum absolute atomic E-state index is 0.584. The fourth-order valence-electron chi connectivity index (χ4n) is 1.82. The Labute approximate surface area is 117 Å². The Kier molecular flexibility index (Phi) is 7.91. The van der Waals surface area contributed by atoms with Gasteiger partial charge >= 0.3 is 0 Å². The van der Waals surface area contributed by atoms with E-state index >= 15 is 0 Å². The number of aromatic nitrogens is 1. The summed E-state index contributed by atoms with van der Waals surface area (Å²) < 4.78 is 5.65. The molecule has 0 aliphatic rings. The van der Waals surface area contributed by atoms with E-state index in [-0.39, 0.29) is 0 Å². The van der Waals surface area contributed by atoms with Crippen molar-refractivity contribution in [3.63, 3.8) is 0 Å². The fraction of sp³-hybridized carbons (Fsp3) is 0.562. The maximum atomic E-state index is 5.65. The molecule has 3 nitrogen and oxygen atoms in total. The minimum Gasteiger partial charge on any atom is -0.473 e. The smallest absolute Gasteiger partial charge is 0.214 e. The predicted molar refractivity (Wildman–Crippen MR) is 80.5 cm³/mol. The number of hydrogen-bond acceptors (Lipinski definition) is 3. The second-order valence-corrected chi connectivity index (χ2v) is 4.61. The third-order valence-electron chi connectivity index (χ3n) is 2.74. The zero-order chi connectivity index (χ0) is 13.9. The molecular weight excluding hydrogens is 236 g/mol. The van der Waals surface area contributed by atoms with Gasteiger partial charge in [-0.25, -0.2) is 4.98 Å². The Morgan fingerprint density at radius 1 is 1.26 bits per heavy atom. The maximum absolute atomic E-state index is 5.65. The SMILES string of the molecule is C/C=C/COc1cc(CNCCC)cc(CCC)n1. The molecule has 1 aromatic heterocycles. The summed E-state index contributed by atoms with van der Waals surface area (Å²) in [5.41, 5.74) is 2.37. The van der Waals surface area contributed by atoms with Gasteiger partial charge in [0.25, 0.3) is 0 Å². The third kappa shape index (κ3) is 6.39. The summed E-state index contributed by atoms with van der Waals surface area (Å²) in [6, 6.07) is 4.21. The van der Waals surface area contributed by atoms with Gasteiger partial charge in [0.1, 0.15) is 6.61 Å². The van der Waals surface area contributed by atoms with Gasteiger partial charge < -0.3 is 10.1 Å². The van der Waals surface area contributed by atoms with Crippen molar-refractivity contribution in [2.75, 3.05) is 13.2 Å². The second kappa shape index (κ2) is 9.56. The summed E-state index contributed by atoms with van der Waals surface area (Å²) >= 11 is 0. The highest BCUT2D eigenvalue weighted by molar-refractivity contribution is 5.25. The first-order valence-electron chi connectivity index (χ1n) is 7.24. The quantitative estimate of drug-likeness (QED) is 0.546. The third-order valence-corrected chi connectivity index (χ3v) is 2.74. The maximum Gasteiger partial charge on any atom is 0.214 e. The molecule has 0 saturated heterocycles. The van der Waals surface area contributed by atoms with E-state index in [9.17, 15) is 0 Å². The lowest BCUT2D eigenvalue weighted by Gasteiger charge is -2.09. The molecule has 106 valence electrons. The largest absolute Gasteiger partial charge is 0.473 e. The summed E-state index contributed by atoms with van der Waals surface area (Å²) in [4.78, 5) is 4.54. The Morgan fingerprint density at radius 2 is 2.11 bits per heavy atom. The normalized spacial score (nSPS) is 11.1. The van der Waals surface area contributed by atoms with Crippen molar-refractivity contribution in [2.45, 2.75) is 46.6 Å². The van der Waals surface area contributed by atoms with Crippen LogP contribution in [0.2, 0.25) is 0 Å². The number of rotatable bonds is 9. The van der Waals surface area contributed by atoms with Crippen LogP contribution >= 0.6 is 0 Å². The van der Waals surface area contributed by atoms with E-state index in [2.05, 4.69) is 30.2 Å². The van der Waals surface area contributed by atoms with Gasteiger partial charge in [-0.1, -0.05) is 32.4 Å².